The Bertz CT molecular complexity index is 170. The summed E-state index contributed by atoms with van der Waals surface area (Å²) in [6.45, 7) is 3.49. The van der Waals surface area contributed by atoms with Gasteiger partial charge in [0.05, 0.1) is 6.61 Å². The molecule has 2 fully saturated rings. The first kappa shape index (κ1) is 10.4. The predicted octanol–water partition coefficient (Wildman–Crippen LogP) is 1.31. The van der Waals surface area contributed by atoms with Crippen molar-refractivity contribution in [1.29, 1.82) is 0 Å². The van der Waals surface area contributed by atoms with Gasteiger partial charge in [0.25, 0.3) is 0 Å². The van der Waals surface area contributed by atoms with Gasteiger partial charge >= 0.3 is 0 Å². The van der Waals surface area contributed by atoms with Crippen LogP contribution in [0.15, 0.2) is 0 Å². The van der Waals surface area contributed by atoms with Crippen LogP contribution in [0.4, 0.5) is 0 Å². The first-order valence-corrected chi connectivity index (χ1v) is 5.76. The Hall–Kier alpha value is -0.120. The Morgan fingerprint density at radius 1 is 1.00 bits per heavy atom. The van der Waals surface area contributed by atoms with Gasteiger partial charge in [0.15, 0.2) is 0 Å². The van der Waals surface area contributed by atoms with Crippen molar-refractivity contribution in [2.45, 2.75) is 37.6 Å². The smallest absolute Gasteiger partial charge is 0.0511 e. The molecule has 0 aromatic heterocycles. The first-order valence-electron chi connectivity index (χ1n) is 5.76. The summed E-state index contributed by atoms with van der Waals surface area (Å²) in [6.07, 6.45) is 5.61. The molecule has 0 amide bonds. The van der Waals surface area contributed by atoms with Crippen LogP contribution in [0.1, 0.15) is 32.1 Å². The van der Waals surface area contributed by atoms with Gasteiger partial charge in [-0.15, -0.1) is 0 Å². The Morgan fingerprint density at radius 3 is 2.64 bits per heavy atom. The lowest BCUT2D eigenvalue weighted by atomic mass is 9.76. The molecule has 2 unspecified atom stereocenters. The molecular weight excluding hydrogens is 178 g/mol. The van der Waals surface area contributed by atoms with Crippen molar-refractivity contribution in [3.8, 4) is 0 Å². The molecule has 3 nitrogen and oxygen atoms in total. The van der Waals surface area contributed by atoms with Crippen LogP contribution in [-0.4, -0.2) is 32.0 Å². The Balaban J connectivity index is 1.96. The van der Waals surface area contributed by atoms with Crippen LogP contribution in [0.5, 0.6) is 0 Å². The monoisotopic (exact) mass is 199 g/mol. The molecule has 0 spiro atoms. The molecule has 2 aliphatic rings. The fourth-order valence-electron chi connectivity index (χ4n) is 2.59. The number of rotatable bonds is 1. The van der Waals surface area contributed by atoms with Gasteiger partial charge in [-0.25, -0.2) is 0 Å². The zero-order valence-electron chi connectivity index (χ0n) is 8.84. The second kappa shape index (κ2) is 4.60. The summed E-state index contributed by atoms with van der Waals surface area (Å²) >= 11 is 0. The van der Waals surface area contributed by atoms with E-state index in [-0.39, 0.29) is 5.54 Å². The Kier molecular flexibility index (Phi) is 3.42. The summed E-state index contributed by atoms with van der Waals surface area (Å²) < 4.78 is 11.0. The second-order valence-corrected chi connectivity index (χ2v) is 4.61. The van der Waals surface area contributed by atoms with Gasteiger partial charge in [0.2, 0.25) is 0 Å². The van der Waals surface area contributed by atoms with Crippen LogP contribution < -0.4 is 5.73 Å². The molecule has 2 rings (SSSR count). The van der Waals surface area contributed by atoms with Crippen molar-refractivity contribution in [3.05, 3.63) is 0 Å². The lowest BCUT2D eigenvalue weighted by Crippen LogP contribution is -2.50. The molecule has 2 N–H and O–H groups in total. The third kappa shape index (κ3) is 2.27. The highest BCUT2D eigenvalue weighted by Gasteiger charge is 2.36. The molecule has 0 saturated carbocycles. The molecule has 2 saturated heterocycles. The standard InChI is InChI=1S/C11H21NO2/c12-11(4-2-7-13-8-5-11)10-3-1-6-14-9-10/h10H,1-9,12H2. The van der Waals surface area contributed by atoms with E-state index in [0.29, 0.717) is 5.92 Å². The van der Waals surface area contributed by atoms with Gasteiger partial charge < -0.3 is 15.2 Å². The molecule has 2 atom stereocenters. The van der Waals surface area contributed by atoms with Gasteiger partial charge in [0, 0.05) is 31.3 Å². The normalized spacial score (nSPS) is 40.5. The van der Waals surface area contributed by atoms with E-state index in [4.69, 9.17) is 15.2 Å². The van der Waals surface area contributed by atoms with Crippen molar-refractivity contribution in [2.24, 2.45) is 11.7 Å². The van der Waals surface area contributed by atoms with E-state index in [1.54, 1.807) is 0 Å². The largest absolute Gasteiger partial charge is 0.381 e. The molecule has 0 bridgehead atoms. The van der Waals surface area contributed by atoms with Crippen molar-refractivity contribution < 1.29 is 9.47 Å². The lowest BCUT2D eigenvalue weighted by molar-refractivity contribution is 0.0152. The third-order valence-electron chi connectivity index (χ3n) is 3.62. The molecule has 0 radical (unpaired) electrons. The number of hydrogen-bond donors (Lipinski definition) is 1. The molecule has 2 aliphatic heterocycles. The molecule has 0 aliphatic carbocycles. The molecule has 3 heteroatoms. The van der Waals surface area contributed by atoms with Crippen LogP contribution >= 0.6 is 0 Å². The van der Waals surface area contributed by atoms with E-state index >= 15 is 0 Å². The molecule has 82 valence electrons. The maximum Gasteiger partial charge on any atom is 0.0511 e. The van der Waals surface area contributed by atoms with E-state index in [1.165, 1.54) is 12.8 Å². The van der Waals surface area contributed by atoms with E-state index in [0.717, 1.165) is 45.7 Å². The summed E-state index contributed by atoms with van der Waals surface area (Å²) in [5, 5.41) is 0. The highest BCUT2D eigenvalue weighted by molar-refractivity contribution is 4.93. The molecule has 14 heavy (non-hydrogen) atoms. The Morgan fingerprint density at radius 2 is 1.86 bits per heavy atom. The quantitative estimate of drug-likeness (QED) is 0.692. The van der Waals surface area contributed by atoms with Gasteiger partial charge in [-0.05, 0) is 32.1 Å². The van der Waals surface area contributed by atoms with Crippen LogP contribution in [0.25, 0.3) is 0 Å². The van der Waals surface area contributed by atoms with Crippen molar-refractivity contribution in [1.82, 2.24) is 0 Å². The maximum absolute atomic E-state index is 6.47. The van der Waals surface area contributed by atoms with Crippen LogP contribution in [0.2, 0.25) is 0 Å². The number of hydrogen-bond acceptors (Lipinski definition) is 3. The predicted molar refractivity (Wildman–Crippen MR) is 55.1 cm³/mol. The summed E-state index contributed by atoms with van der Waals surface area (Å²) in [4.78, 5) is 0. The minimum Gasteiger partial charge on any atom is -0.381 e. The number of nitrogens with two attached hydrogens (primary N) is 1. The van der Waals surface area contributed by atoms with Crippen molar-refractivity contribution in [2.75, 3.05) is 26.4 Å². The van der Waals surface area contributed by atoms with Gasteiger partial charge in [-0.2, -0.15) is 0 Å². The van der Waals surface area contributed by atoms with Crippen molar-refractivity contribution >= 4 is 0 Å². The van der Waals surface area contributed by atoms with Crippen molar-refractivity contribution in [3.63, 3.8) is 0 Å². The third-order valence-corrected chi connectivity index (χ3v) is 3.62. The minimum absolute atomic E-state index is 0.0169. The van der Waals surface area contributed by atoms with Gasteiger partial charge in [-0.3, -0.25) is 0 Å². The molecule has 0 aromatic rings. The summed E-state index contributed by atoms with van der Waals surface area (Å²) in [7, 11) is 0. The minimum atomic E-state index is -0.0169. The van der Waals surface area contributed by atoms with Crippen LogP contribution in [0.3, 0.4) is 0 Å². The average molecular weight is 199 g/mol. The average Bonchev–Trinajstić information content (AvgIpc) is 2.46. The summed E-state index contributed by atoms with van der Waals surface area (Å²) in [6, 6.07) is 0. The van der Waals surface area contributed by atoms with Gasteiger partial charge in [0.1, 0.15) is 0 Å². The highest BCUT2D eigenvalue weighted by Crippen LogP contribution is 2.32. The van der Waals surface area contributed by atoms with Crippen LogP contribution in [0, 0.1) is 5.92 Å². The fraction of sp³-hybridized carbons (Fsp3) is 1.00. The van der Waals surface area contributed by atoms with E-state index < -0.39 is 0 Å². The zero-order valence-corrected chi connectivity index (χ0v) is 8.84. The van der Waals surface area contributed by atoms with E-state index in [9.17, 15) is 0 Å². The molecule has 2 heterocycles. The van der Waals surface area contributed by atoms with E-state index in [1.807, 2.05) is 0 Å². The lowest BCUT2D eigenvalue weighted by Gasteiger charge is -2.38. The highest BCUT2D eigenvalue weighted by atomic mass is 16.5. The topological polar surface area (TPSA) is 44.5 Å². The Labute approximate surface area is 85.9 Å². The maximum atomic E-state index is 6.47. The number of ether oxygens (including phenoxy) is 2. The fourth-order valence-corrected chi connectivity index (χ4v) is 2.59. The molecule has 0 aromatic carbocycles. The summed E-state index contributed by atoms with van der Waals surface area (Å²) in [5.74, 6) is 0.554. The van der Waals surface area contributed by atoms with E-state index in [2.05, 4.69) is 0 Å². The summed E-state index contributed by atoms with van der Waals surface area (Å²) in [5.41, 5.74) is 6.46. The first-order chi connectivity index (χ1) is 6.81. The molecular formula is C11H21NO2. The SMILES string of the molecule is NC1(C2CCCOC2)CCCOCC1. The van der Waals surface area contributed by atoms with Gasteiger partial charge in [-0.1, -0.05) is 0 Å². The second-order valence-electron chi connectivity index (χ2n) is 4.61. The zero-order chi connectivity index (χ0) is 9.86. The van der Waals surface area contributed by atoms with Crippen LogP contribution in [-0.2, 0) is 9.47 Å².